The highest BCUT2D eigenvalue weighted by molar-refractivity contribution is 5.89. The molecule has 94 valence electrons. The fourth-order valence-corrected chi connectivity index (χ4v) is 1.09. The van der Waals surface area contributed by atoms with Gasteiger partial charge in [0.2, 0.25) is 0 Å². The minimum Gasteiger partial charge on any atom is -0.460 e. The molecule has 1 heterocycles. The van der Waals surface area contributed by atoms with Gasteiger partial charge in [-0.05, 0) is 32.9 Å². The van der Waals surface area contributed by atoms with Crippen molar-refractivity contribution in [1.82, 2.24) is 4.98 Å². The number of hydrogen-bond acceptors (Lipinski definition) is 5. The van der Waals surface area contributed by atoms with Crippen molar-refractivity contribution in [3.63, 3.8) is 0 Å². The predicted octanol–water partition coefficient (Wildman–Crippen LogP) is 1.64. The third kappa shape index (κ3) is 5.31. The molecule has 1 aromatic rings. The molecule has 2 N–H and O–H groups in total. The van der Waals surface area contributed by atoms with Crippen LogP contribution >= 0.6 is 0 Å². The topological polar surface area (TPSA) is 74.4 Å². The van der Waals surface area contributed by atoms with E-state index in [1.165, 1.54) is 6.20 Å². The van der Waals surface area contributed by atoms with Gasteiger partial charge in [-0.25, -0.2) is 9.78 Å². The molecule has 0 amide bonds. The molecule has 0 aliphatic rings. The highest BCUT2D eigenvalue weighted by Gasteiger charge is 2.11. The first-order chi connectivity index (χ1) is 7.88. The van der Waals surface area contributed by atoms with E-state index in [9.17, 15) is 4.79 Å². The summed E-state index contributed by atoms with van der Waals surface area (Å²) in [5.41, 5.74) is 5.57. The number of hydrogen-bond donors (Lipinski definition) is 1. The molecule has 0 bridgehead atoms. The monoisotopic (exact) mass is 238 g/mol. The summed E-state index contributed by atoms with van der Waals surface area (Å²) in [7, 11) is 0. The molecule has 0 aliphatic heterocycles. The standard InChI is InChI=1S/C12H18N2O3/c1-12(2,3)17-7-6-16-11(15)9-4-5-10(13)14-8-9/h4-5,8H,6-7H2,1-3H3,(H2,13,14). The van der Waals surface area contributed by atoms with Crippen LogP contribution in [0.5, 0.6) is 0 Å². The lowest BCUT2D eigenvalue weighted by Gasteiger charge is -2.19. The number of nitrogen functional groups attached to an aromatic ring is 1. The maximum atomic E-state index is 11.5. The lowest BCUT2D eigenvalue weighted by atomic mass is 10.2. The molecule has 1 aromatic heterocycles. The first-order valence-electron chi connectivity index (χ1n) is 5.41. The number of nitrogens with two attached hydrogens (primary N) is 1. The third-order valence-corrected chi connectivity index (χ3v) is 1.87. The van der Waals surface area contributed by atoms with Crippen LogP contribution in [0.15, 0.2) is 18.3 Å². The van der Waals surface area contributed by atoms with Crippen LogP contribution in [0, 0.1) is 0 Å². The molecule has 0 saturated carbocycles. The summed E-state index contributed by atoms with van der Waals surface area (Å²) in [6, 6.07) is 3.14. The number of ether oxygens (including phenoxy) is 2. The molecule has 0 radical (unpaired) electrons. The summed E-state index contributed by atoms with van der Waals surface area (Å²) >= 11 is 0. The molecule has 0 aliphatic carbocycles. The maximum Gasteiger partial charge on any atom is 0.339 e. The van der Waals surface area contributed by atoms with Gasteiger partial charge in [0.15, 0.2) is 0 Å². The second kappa shape index (κ2) is 5.63. The Morgan fingerprint density at radius 1 is 1.35 bits per heavy atom. The third-order valence-electron chi connectivity index (χ3n) is 1.87. The highest BCUT2D eigenvalue weighted by Crippen LogP contribution is 2.07. The molecule has 0 saturated heterocycles. The molecule has 0 atom stereocenters. The van der Waals surface area contributed by atoms with Crippen molar-refractivity contribution >= 4 is 11.8 Å². The molecular formula is C12H18N2O3. The molecular weight excluding hydrogens is 220 g/mol. The van der Waals surface area contributed by atoms with E-state index in [4.69, 9.17) is 15.2 Å². The maximum absolute atomic E-state index is 11.5. The van der Waals surface area contributed by atoms with Crippen molar-refractivity contribution in [3.8, 4) is 0 Å². The first-order valence-corrected chi connectivity index (χ1v) is 5.41. The minimum absolute atomic E-state index is 0.223. The number of pyridine rings is 1. The summed E-state index contributed by atoms with van der Waals surface area (Å²) in [5.74, 6) is -0.0485. The first kappa shape index (κ1) is 13.4. The van der Waals surface area contributed by atoms with Crippen LogP contribution in [0.4, 0.5) is 5.82 Å². The van der Waals surface area contributed by atoms with Crippen molar-refractivity contribution < 1.29 is 14.3 Å². The Bertz CT molecular complexity index is 368. The fraction of sp³-hybridized carbons (Fsp3) is 0.500. The van der Waals surface area contributed by atoms with Crippen molar-refractivity contribution in [1.29, 1.82) is 0 Å². The Kier molecular flexibility index (Phi) is 4.45. The number of nitrogens with zero attached hydrogens (tertiary/aromatic N) is 1. The van der Waals surface area contributed by atoms with Gasteiger partial charge in [-0.2, -0.15) is 0 Å². The number of esters is 1. The second-order valence-corrected chi connectivity index (χ2v) is 4.57. The molecule has 1 rings (SSSR count). The zero-order valence-electron chi connectivity index (χ0n) is 10.4. The van der Waals surface area contributed by atoms with Gasteiger partial charge in [-0.15, -0.1) is 0 Å². The summed E-state index contributed by atoms with van der Waals surface area (Å²) in [6.07, 6.45) is 1.39. The van der Waals surface area contributed by atoms with E-state index >= 15 is 0 Å². The van der Waals surface area contributed by atoms with Crippen LogP contribution < -0.4 is 5.73 Å². The van der Waals surface area contributed by atoms with Crippen LogP contribution in [-0.4, -0.2) is 29.8 Å². The van der Waals surface area contributed by atoms with Crippen molar-refractivity contribution in [2.75, 3.05) is 18.9 Å². The van der Waals surface area contributed by atoms with Crippen molar-refractivity contribution in [3.05, 3.63) is 23.9 Å². The van der Waals surface area contributed by atoms with E-state index in [2.05, 4.69) is 4.98 Å². The van der Waals surface area contributed by atoms with E-state index in [0.717, 1.165) is 0 Å². The SMILES string of the molecule is CC(C)(C)OCCOC(=O)c1ccc(N)nc1. The van der Waals surface area contributed by atoms with Gasteiger partial charge < -0.3 is 15.2 Å². The number of aromatic nitrogens is 1. The van der Waals surface area contributed by atoms with Gasteiger partial charge in [-0.1, -0.05) is 0 Å². The molecule has 5 heteroatoms. The van der Waals surface area contributed by atoms with Gasteiger partial charge in [0, 0.05) is 6.20 Å². The Morgan fingerprint density at radius 3 is 2.59 bits per heavy atom. The molecule has 0 unspecified atom stereocenters. The molecule has 0 fully saturated rings. The largest absolute Gasteiger partial charge is 0.460 e. The van der Waals surface area contributed by atoms with E-state index < -0.39 is 5.97 Å². The van der Waals surface area contributed by atoms with E-state index in [0.29, 0.717) is 18.0 Å². The van der Waals surface area contributed by atoms with Crippen molar-refractivity contribution in [2.24, 2.45) is 0 Å². The predicted molar refractivity (Wildman–Crippen MR) is 64.6 cm³/mol. The summed E-state index contributed by atoms with van der Waals surface area (Å²) in [6.45, 7) is 6.42. The Morgan fingerprint density at radius 2 is 2.06 bits per heavy atom. The molecule has 0 aromatic carbocycles. The average Bonchev–Trinajstić information content (AvgIpc) is 2.24. The average molecular weight is 238 g/mol. The number of carbonyl (C=O) groups excluding carboxylic acids is 1. The van der Waals surface area contributed by atoms with Gasteiger partial charge in [-0.3, -0.25) is 0 Å². The number of anilines is 1. The van der Waals surface area contributed by atoms with Crippen LogP contribution in [0.3, 0.4) is 0 Å². The van der Waals surface area contributed by atoms with Crippen LogP contribution in [-0.2, 0) is 9.47 Å². The fourth-order valence-electron chi connectivity index (χ4n) is 1.09. The summed E-state index contributed by atoms with van der Waals surface area (Å²) in [5, 5.41) is 0. The van der Waals surface area contributed by atoms with Crippen LogP contribution in [0.2, 0.25) is 0 Å². The molecule has 17 heavy (non-hydrogen) atoms. The quantitative estimate of drug-likeness (QED) is 0.637. The lowest BCUT2D eigenvalue weighted by molar-refractivity contribution is -0.0281. The second-order valence-electron chi connectivity index (χ2n) is 4.57. The number of rotatable bonds is 4. The van der Waals surface area contributed by atoms with Gasteiger partial charge in [0.25, 0.3) is 0 Å². The molecule has 0 spiro atoms. The Labute approximate surface area is 101 Å². The minimum atomic E-state index is -0.421. The highest BCUT2D eigenvalue weighted by atomic mass is 16.6. The van der Waals surface area contributed by atoms with Gasteiger partial charge >= 0.3 is 5.97 Å². The van der Waals surface area contributed by atoms with E-state index in [1.54, 1.807) is 12.1 Å². The van der Waals surface area contributed by atoms with Gasteiger partial charge in [0.05, 0.1) is 17.8 Å². The Hall–Kier alpha value is -1.62. The number of carbonyl (C=O) groups is 1. The summed E-state index contributed by atoms with van der Waals surface area (Å²) in [4.78, 5) is 15.3. The van der Waals surface area contributed by atoms with Crippen LogP contribution in [0.25, 0.3) is 0 Å². The zero-order valence-corrected chi connectivity index (χ0v) is 10.4. The lowest BCUT2D eigenvalue weighted by Crippen LogP contribution is -2.22. The van der Waals surface area contributed by atoms with Crippen molar-refractivity contribution in [2.45, 2.75) is 26.4 Å². The van der Waals surface area contributed by atoms with E-state index in [1.807, 2.05) is 20.8 Å². The van der Waals surface area contributed by atoms with Gasteiger partial charge in [0.1, 0.15) is 12.4 Å². The normalized spacial score (nSPS) is 11.2. The van der Waals surface area contributed by atoms with Crippen LogP contribution in [0.1, 0.15) is 31.1 Å². The molecule has 5 nitrogen and oxygen atoms in total. The smallest absolute Gasteiger partial charge is 0.339 e. The zero-order chi connectivity index (χ0) is 12.9. The Balaban J connectivity index is 2.33. The van der Waals surface area contributed by atoms with E-state index in [-0.39, 0.29) is 12.2 Å². The summed E-state index contributed by atoms with van der Waals surface area (Å²) < 4.78 is 10.4.